The van der Waals surface area contributed by atoms with Gasteiger partial charge in [0.05, 0.1) is 5.69 Å². The Labute approximate surface area is 122 Å². The molecule has 0 spiro atoms. The van der Waals surface area contributed by atoms with Gasteiger partial charge in [0, 0.05) is 6.54 Å². The summed E-state index contributed by atoms with van der Waals surface area (Å²) in [5, 5.41) is 3.62. The Hall–Kier alpha value is -1.04. The highest BCUT2D eigenvalue weighted by molar-refractivity contribution is 6.74. The molecule has 20 heavy (non-hydrogen) atoms. The van der Waals surface area contributed by atoms with Crippen LogP contribution in [0.15, 0.2) is 18.2 Å². The number of benzene rings is 1. The number of fused-ring (bicyclic) bond motifs is 1. The van der Waals surface area contributed by atoms with Crippen LogP contribution in [0.4, 0.5) is 5.69 Å². The summed E-state index contributed by atoms with van der Waals surface area (Å²) in [6.45, 7) is 12.3. The van der Waals surface area contributed by atoms with Crippen molar-refractivity contribution in [3.05, 3.63) is 23.8 Å². The first-order chi connectivity index (χ1) is 9.23. The minimum Gasteiger partial charge on any atom is -0.487 e. The van der Waals surface area contributed by atoms with Gasteiger partial charge < -0.3 is 20.2 Å². The molecule has 1 heterocycles. The molecule has 1 aromatic carbocycles. The Morgan fingerprint density at radius 3 is 2.70 bits per heavy atom. The van der Waals surface area contributed by atoms with Gasteiger partial charge in [0.15, 0.2) is 14.5 Å². The molecule has 0 radical (unpaired) electrons. The number of nitrogens with two attached hydrogens (primary N) is 1. The first kappa shape index (κ1) is 15.3. The second-order valence-electron chi connectivity index (χ2n) is 6.86. The summed E-state index contributed by atoms with van der Waals surface area (Å²) in [5.74, 6) is 0.864. The van der Waals surface area contributed by atoms with Crippen molar-refractivity contribution in [3.63, 3.8) is 0 Å². The minimum absolute atomic E-state index is 0.0767. The van der Waals surface area contributed by atoms with Crippen LogP contribution in [0.3, 0.4) is 0 Å². The van der Waals surface area contributed by atoms with Crippen molar-refractivity contribution < 1.29 is 9.16 Å². The lowest BCUT2D eigenvalue weighted by molar-refractivity contribution is 0.126. The highest BCUT2D eigenvalue weighted by Crippen LogP contribution is 2.38. The van der Waals surface area contributed by atoms with Crippen LogP contribution < -0.4 is 15.8 Å². The van der Waals surface area contributed by atoms with Gasteiger partial charge in [-0.2, -0.15) is 0 Å². The fourth-order valence-corrected chi connectivity index (χ4v) is 3.10. The van der Waals surface area contributed by atoms with Gasteiger partial charge in [0.2, 0.25) is 0 Å². The molecule has 5 heteroatoms. The summed E-state index contributed by atoms with van der Waals surface area (Å²) in [5.41, 5.74) is 7.71. The number of nitrogens with one attached hydrogen (secondary N) is 1. The molecule has 0 bridgehead atoms. The molecule has 0 saturated heterocycles. The number of rotatable bonds is 3. The quantitative estimate of drug-likeness (QED) is 0.840. The first-order valence-corrected chi connectivity index (χ1v) is 10.0. The molecule has 2 rings (SSSR count). The zero-order valence-electron chi connectivity index (χ0n) is 13.1. The SMILES string of the molecule is CC(C)(C)[Si](C)(C)O[C@@H]1COc2cc(CN)ccc2N1. The van der Waals surface area contributed by atoms with Gasteiger partial charge in [-0.05, 0) is 35.8 Å². The Balaban J connectivity index is 2.08. The largest absolute Gasteiger partial charge is 0.487 e. The molecule has 0 unspecified atom stereocenters. The molecule has 0 aromatic heterocycles. The molecule has 1 aliphatic rings. The maximum absolute atomic E-state index is 6.33. The summed E-state index contributed by atoms with van der Waals surface area (Å²) >= 11 is 0. The number of hydrogen-bond acceptors (Lipinski definition) is 4. The molecule has 0 aliphatic carbocycles. The third-order valence-corrected chi connectivity index (χ3v) is 8.72. The Kier molecular flexibility index (Phi) is 4.13. The Morgan fingerprint density at radius 1 is 1.40 bits per heavy atom. The van der Waals surface area contributed by atoms with Crippen molar-refractivity contribution in [1.82, 2.24) is 0 Å². The van der Waals surface area contributed by atoms with E-state index in [1.165, 1.54) is 0 Å². The summed E-state index contributed by atoms with van der Waals surface area (Å²) in [6, 6.07) is 6.02. The molecule has 0 fully saturated rings. The van der Waals surface area contributed by atoms with Crippen LogP contribution in [-0.2, 0) is 11.0 Å². The highest BCUT2D eigenvalue weighted by Gasteiger charge is 2.40. The molecule has 112 valence electrons. The predicted octanol–water partition coefficient (Wildman–Crippen LogP) is 3.30. The van der Waals surface area contributed by atoms with Crippen molar-refractivity contribution >= 4 is 14.0 Å². The van der Waals surface area contributed by atoms with Gasteiger partial charge in [0.25, 0.3) is 0 Å². The van der Waals surface area contributed by atoms with Crippen LogP contribution in [0.5, 0.6) is 5.75 Å². The van der Waals surface area contributed by atoms with Crippen molar-refractivity contribution in [2.24, 2.45) is 5.73 Å². The molecular weight excluding hydrogens is 268 g/mol. The van der Waals surface area contributed by atoms with Crippen LogP contribution in [0.1, 0.15) is 26.3 Å². The minimum atomic E-state index is -1.79. The monoisotopic (exact) mass is 294 g/mol. The van der Waals surface area contributed by atoms with Crippen molar-refractivity contribution in [2.45, 2.75) is 51.7 Å². The van der Waals surface area contributed by atoms with E-state index in [1.54, 1.807) is 0 Å². The highest BCUT2D eigenvalue weighted by atomic mass is 28.4. The number of ether oxygens (including phenoxy) is 1. The smallest absolute Gasteiger partial charge is 0.194 e. The fraction of sp³-hybridized carbons (Fsp3) is 0.600. The van der Waals surface area contributed by atoms with E-state index in [-0.39, 0.29) is 11.3 Å². The van der Waals surface area contributed by atoms with Crippen LogP contribution >= 0.6 is 0 Å². The zero-order chi connectivity index (χ0) is 15.0. The average Bonchev–Trinajstić information content (AvgIpc) is 2.36. The average molecular weight is 294 g/mol. The zero-order valence-corrected chi connectivity index (χ0v) is 14.1. The van der Waals surface area contributed by atoms with Crippen molar-refractivity contribution in [2.75, 3.05) is 11.9 Å². The van der Waals surface area contributed by atoms with Crippen LogP contribution in [0, 0.1) is 0 Å². The van der Waals surface area contributed by atoms with Gasteiger partial charge in [-0.1, -0.05) is 26.8 Å². The summed E-state index contributed by atoms with van der Waals surface area (Å²) in [7, 11) is -1.79. The number of hydrogen-bond donors (Lipinski definition) is 2. The topological polar surface area (TPSA) is 56.5 Å². The lowest BCUT2D eigenvalue weighted by Crippen LogP contribution is -2.48. The normalized spacial score (nSPS) is 19.0. The first-order valence-electron chi connectivity index (χ1n) is 7.13. The van der Waals surface area contributed by atoms with E-state index in [0.717, 1.165) is 17.0 Å². The maximum Gasteiger partial charge on any atom is 0.194 e. The second kappa shape index (κ2) is 5.39. The number of anilines is 1. The molecule has 4 nitrogen and oxygen atoms in total. The van der Waals surface area contributed by atoms with E-state index in [2.05, 4.69) is 39.2 Å². The summed E-state index contributed by atoms with van der Waals surface area (Å²) in [4.78, 5) is 0. The van der Waals surface area contributed by atoms with E-state index in [1.807, 2.05) is 18.2 Å². The van der Waals surface area contributed by atoms with E-state index in [4.69, 9.17) is 14.9 Å². The van der Waals surface area contributed by atoms with Gasteiger partial charge in [-0.3, -0.25) is 0 Å². The lowest BCUT2D eigenvalue weighted by Gasteiger charge is -2.40. The Morgan fingerprint density at radius 2 is 2.10 bits per heavy atom. The maximum atomic E-state index is 6.33. The summed E-state index contributed by atoms with van der Waals surface area (Å²) in [6.07, 6.45) is -0.0767. The van der Waals surface area contributed by atoms with Crippen LogP contribution in [-0.4, -0.2) is 21.2 Å². The second-order valence-corrected chi connectivity index (χ2v) is 11.6. The van der Waals surface area contributed by atoms with Crippen molar-refractivity contribution in [1.29, 1.82) is 0 Å². The third kappa shape index (κ3) is 3.16. The van der Waals surface area contributed by atoms with E-state index in [0.29, 0.717) is 13.2 Å². The van der Waals surface area contributed by atoms with E-state index < -0.39 is 8.32 Å². The molecule has 1 aliphatic heterocycles. The molecule has 0 saturated carbocycles. The van der Waals surface area contributed by atoms with Gasteiger partial charge in [-0.25, -0.2) is 0 Å². The van der Waals surface area contributed by atoms with Gasteiger partial charge in [0.1, 0.15) is 12.4 Å². The van der Waals surface area contributed by atoms with Crippen LogP contribution in [0.2, 0.25) is 18.1 Å². The molecular formula is C15H26N2O2Si. The molecule has 1 atom stereocenters. The summed E-state index contributed by atoms with van der Waals surface area (Å²) < 4.78 is 12.2. The molecule has 3 N–H and O–H groups in total. The van der Waals surface area contributed by atoms with E-state index >= 15 is 0 Å². The molecule has 1 aromatic rings. The Bertz CT molecular complexity index is 483. The lowest BCUT2D eigenvalue weighted by atomic mass is 10.1. The third-order valence-electron chi connectivity index (χ3n) is 4.23. The van der Waals surface area contributed by atoms with Gasteiger partial charge in [-0.15, -0.1) is 0 Å². The van der Waals surface area contributed by atoms with Crippen LogP contribution in [0.25, 0.3) is 0 Å². The van der Waals surface area contributed by atoms with E-state index in [9.17, 15) is 0 Å². The predicted molar refractivity (Wildman–Crippen MR) is 85.5 cm³/mol. The molecule has 0 amide bonds. The standard InChI is InChI=1S/C15H26N2O2Si/c1-15(2,3)20(4,5)19-14-10-18-13-8-11(9-16)6-7-12(13)17-14/h6-8,14,17H,9-10,16H2,1-5H3/t14-/m1/s1. The van der Waals surface area contributed by atoms with Gasteiger partial charge >= 0.3 is 0 Å². The van der Waals surface area contributed by atoms with Crippen molar-refractivity contribution in [3.8, 4) is 5.75 Å². The fourth-order valence-electron chi connectivity index (χ4n) is 1.91.